The number of rotatable bonds is 5. The third-order valence-electron chi connectivity index (χ3n) is 5.60. The van der Waals surface area contributed by atoms with Crippen molar-refractivity contribution in [3.8, 4) is 17.6 Å². The van der Waals surface area contributed by atoms with Crippen molar-refractivity contribution >= 4 is 17.5 Å². The maximum Gasteiger partial charge on any atom is 0.255 e. The van der Waals surface area contributed by atoms with Gasteiger partial charge in [-0.05, 0) is 49.2 Å². The Bertz CT molecular complexity index is 1210. The topological polar surface area (TPSA) is 82.4 Å². The second-order valence-electron chi connectivity index (χ2n) is 7.77. The minimum absolute atomic E-state index is 0.107. The maximum atomic E-state index is 13.8. The summed E-state index contributed by atoms with van der Waals surface area (Å²) in [6.45, 7) is 0.875. The Labute approximate surface area is 191 Å². The van der Waals surface area contributed by atoms with Gasteiger partial charge in [0.1, 0.15) is 5.75 Å². The molecule has 2 amide bonds. The molecule has 0 atom stereocenters. The van der Waals surface area contributed by atoms with Crippen LogP contribution in [-0.2, 0) is 4.79 Å². The number of nitrogens with zero attached hydrogens (tertiary/aromatic N) is 2. The van der Waals surface area contributed by atoms with Crippen LogP contribution in [0.3, 0.4) is 0 Å². The van der Waals surface area contributed by atoms with Gasteiger partial charge < -0.3 is 15.0 Å². The molecule has 0 saturated carbocycles. The summed E-state index contributed by atoms with van der Waals surface area (Å²) in [5.41, 5.74) is 1.28. The second kappa shape index (κ2) is 9.96. The lowest BCUT2D eigenvalue weighted by atomic mass is 9.95. The number of hydrogen-bond acceptors (Lipinski definition) is 4. The number of carbonyl (C=O) groups excluding carboxylic acids is 2. The predicted octanol–water partition coefficient (Wildman–Crippen LogP) is 4.98. The Morgan fingerprint density at radius 3 is 2.48 bits per heavy atom. The molecule has 0 aliphatic carbocycles. The van der Waals surface area contributed by atoms with Gasteiger partial charge in [-0.2, -0.15) is 5.26 Å². The molecule has 0 spiro atoms. The molecule has 7 heteroatoms. The van der Waals surface area contributed by atoms with E-state index in [9.17, 15) is 19.2 Å². The van der Waals surface area contributed by atoms with Gasteiger partial charge in [0.2, 0.25) is 5.91 Å². The third kappa shape index (κ3) is 5.18. The van der Waals surface area contributed by atoms with Crippen LogP contribution in [0.25, 0.3) is 0 Å². The van der Waals surface area contributed by atoms with Crippen molar-refractivity contribution in [3.63, 3.8) is 0 Å². The lowest BCUT2D eigenvalue weighted by molar-refractivity contribution is -0.121. The number of halogens is 1. The quantitative estimate of drug-likeness (QED) is 0.603. The van der Waals surface area contributed by atoms with E-state index >= 15 is 0 Å². The fraction of sp³-hybridized carbons (Fsp3) is 0.192. The van der Waals surface area contributed by atoms with Crippen LogP contribution < -0.4 is 10.1 Å². The first-order chi connectivity index (χ1) is 16.0. The van der Waals surface area contributed by atoms with E-state index in [1.54, 1.807) is 65.6 Å². The van der Waals surface area contributed by atoms with E-state index in [1.807, 2.05) is 0 Å². The summed E-state index contributed by atoms with van der Waals surface area (Å²) in [5.74, 6) is -0.515. The van der Waals surface area contributed by atoms with Crippen molar-refractivity contribution < 1.29 is 18.7 Å². The molecule has 1 saturated heterocycles. The minimum Gasteiger partial charge on any atom is -0.454 e. The van der Waals surface area contributed by atoms with E-state index in [1.165, 1.54) is 12.1 Å². The van der Waals surface area contributed by atoms with Gasteiger partial charge in [0, 0.05) is 30.8 Å². The summed E-state index contributed by atoms with van der Waals surface area (Å²) in [7, 11) is 0. The molecule has 1 aliphatic heterocycles. The average molecular weight is 443 g/mol. The molecule has 1 N–H and O–H groups in total. The van der Waals surface area contributed by atoms with E-state index in [2.05, 4.69) is 11.4 Å². The lowest BCUT2D eigenvalue weighted by Crippen LogP contribution is -2.41. The number of para-hydroxylation sites is 1. The van der Waals surface area contributed by atoms with E-state index in [0.29, 0.717) is 48.5 Å². The molecular weight excluding hydrogens is 421 g/mol. The molecule has 3 aromatic carbocycles. The van der Waals surface area contributed by atoms with Crippen LogP contribution in [0.2, 0.25) is 0 Å². The van der Waals surface area contributed by atoms with Gasteiger partial charge in [-0.3, -0.25) is 9.59 Å². The van der Waals surface area contributed by atoms with Gasteiger partial charge in [0.05, 0.1) is 17.2 Å². The Kier molecular flexibility index (Phi) is 6.65. The molecule has 0 aromatic heterocycles. The first-order valence-corrected chi connectivity index (χ1v) is 10.7. The van der Waals surface area contributed by atoms with Gasteiger partial charge in [0.25, 0.3) is 5.91 Å². The normalized spacial score (nSPS) is 13.8. The van der Waals surface area contributed by atoms with Crippen LogP contribution in [-0.4, -0.2) is 29.8 Å². The van der Waals surface area contributed by atoms with E-state index in [4.69, 9.17) is 4.74 Å². The Morgan fingerprint density at radius 1 is 1.00 bits per heavy atom. The zero-order valence-electron chi connectivity index (χ0n) is 17.8. The molecule has 4 rings (SSSR count). The summed E-state index contributed by atoms with van der Waals surface area (Å²) in [4.78, 5) is 27.3. The number of hydrogen-bond donors (Lipinski definition) is 1. The Morgan fingerprint density at radius 2 is 1.73 bits per heavy atom. The van der Waals surface area contributed by atoms with Crippen LogP contribution >= 0.6 is 0 Å². The Balaban J connectivity index is 1.35. The molecule has 1 aliphatic rings. The molecule has 0 bridgehead atoms. The number of ether oxygens (including phenoxy) is 1. The number of nitriles is 1. The van der Waals surface area contributed by atoms with E-state index in [-0.39, 0.29) is 23.5 Å². The van der Waals surface area contributed by atoms with Crippen LogP contribution in [0.5, 0.6) is 11.5 Å². The summed E-state index contributed by atoms with van der Waals surface area (Å²) in [6.07, 6.45) is 1.05. The first-order valence-electron chi connectivity index (χ1n) is 10.7. The third-order valence-corrected chi connectivity index (χ3v) is 5.60. The van der Waals surface area contributed by atoms with Crippen LogP contribution in [0.1, 0.15) is 28.8 Å². The van der Waals surface area contributed by atoms with Gasteiger partial charge in [0.15, 0.2) is 11.6 Å². The largest absolute Gasteiger partial charge is 0.454 e. The van der Waals surface area contributed by atoms with Crippen molar-refractivity contribution in [2.24, 2.45) is 5.92 Å². The van der Waals surface area contributed by atoms with Crippen molar-refractivity contribution in [1.82, 2.24) is 4.90 Å². The van der Waals surface area contributed by atoms with Crippen molar-refractivity contribution in [2.75, 3.05) is 18.4 Å². The molecule has 1 heterocycles. The van der Waals surface area contributed by atoms with Gasteiger partial charge in [-0.1, -0.05) is 30.3 Å². The fourth-order valence-corrected chi connectivity index (χ4v) is 3.82. The van der Waals surface area contributed by atoms with Crippen LogP contribution in [0.4, 0.5) is 10.1 Å². The molecular formula is C26H22FN3O3. The van der Waals surface area contributed by atoms with E-state index < -0.39 is 5.82 Å². The molecule has 166 valence electrons. The van der Waals surface area contributed by atoms with Gasteiger partial charge >= 0.3 is 0 Å². The Hall–Kier alpha value is -4.18. The number of amides is 2. The molecule has 1 fully saturated rings. The minimum atomic E-state index is -0.467. The molecule has 0 unspecified atom stereocenters. The maximum absolute atomic E-state index is 13.8. The molecule has 6 nitrogen and oxygen atoms in total. The summed E-state index contributed by atoms with van der Waals surface area (Å²) in [5, 5.41) is 12.1. The zero-order chi connectivity index (χ0) is 23.2. The van der Waals surface area contributed by atoms with Gasteiger partial charge in [-0.15, -0.1) is 0 Å². The number of piperidine rings is 1. The highest BCUT2D eigenvalue weighted by Crippen LogP contribution is 2.27. The number of benzene rings is 3. The van der Waals surface area contributed by atoms with Crippen molar-refractivity contribution in [2.45, 2.75) is 12.8 Å². The molecule has 3 aromatic rings. The number of carbonyl (C=O) groups is 2. The summed E-state index contributed by atoms with van der Waals surface area (Å²) in [6, 6.07) is 21.7. The first kappa shape index (κ1) is 22.0. The smallest absolute Gasteiger partial charge is 0.255 e. The average Bonchev–Trinajstić information content (AvgIpc) is 2.85. The number of nitrogens with one attached hydrogen (secondary N) is 1. The highest BCUT2D eigenvalue weighted by molar-refractivity contribution is 5.97. The van der Waals surface area contributed by atoms with E-state index in [0.717, 1.165) is 0 Å². The second-order valence-corrected chi connectivity index (χ2v) is 7.77. The van der Waals surface area contributed by atoms with Crippen molar-refractivity contribution in [3.05, 3.63) is 89.7 Å². The number of anilines is 1. The number of likely N-dealkylation sites (tertiary alicyclic amines) is 1. The predicted molar refractivity (Wildman–Crippen MR) is 121 cm³/mol. The molecule has 0 radical (unpaired) electrons. The van der Waals surface area contributed by atoms with Crippen LogP contribution in [0.15, 0.2) is 72.8 Å². The molecule has 33 heavy (non-hydrogen) atoms. The highest BCUT2D eigenvalue weighted by atomic mass is 19.1. The zero-order valence-corrected chi connectivity index (χ0v) is 17.8. The van der Waals surface area contributed by atoms with Crippen molar-refractivity contribution in [1.29, 1.82) is 5.26 Å². The lowest BCUT2D eigenvalue weighted by Gasteiger charge is -2.31. The van der Waals surface area contributed by atoms with Gasteiger partial charge in [-0.25, -0.2) is 4.39 Å². The van der Waals surface area contributed by atoms with Crippen LogP contribution in [0, 0.1) is 23.1 Å². The SMILES string of the molecule is N#Cc1ccccc1C(=O)N1CCC(C(=O)Nc2cccc(Oc3ccccc3F)c2)CC1. The highest BCUT2D eigenvalue weighted by Gasteiger charge is 2.28. The fourth-order valence-electron chi connectivity index (χ4n) is 3.82. The summed E-state index contributed by atoms with van der Waals surface area (Å²) >= 11 is 0. The monoisotopic (exact) mass is 443 g/mol. The summed E-state index contributed by atoms with van der Waals surface area (Å²) < 4.78 is 19.4. The standard InChI is InChI=1S/C26H22FN3O3/c27-23-10-3-4-11-24(23)33-21-8-5-7-20(16-21)29-25(31)18-12-14-30(15-13-18)26(32)22-9-2-1-6-19(22)17-28/h1-11,16,18H,12-15H2,(H,29,31).